The molecule has 1 aliphatic heterocycles. The first-order valence-corrected chi connectivity index (χ1v) is 8.08. The largest absolute Gasteiger partial charge is 0.342 e. The zero-order valence-electron chi connectivity index (χ0n) is 12.9. The predicted octanol–water partition coefficient (Wildman–Crippen LogP) is 2.36. The van der Waals surface area contributed by atoms with Crippen LogP contribution in [0.5, 0.6) is 0 Å². The molecule has 1 aromatic carbocycles. The van der Waals surface area contributed by atoms with Crippen molar-refractivity contribution < 1.29 is 4.79 Å². The number of likely N-dealkylation sites (tertiary alicyclic amines) is 1. The number of amides is 1. The van der Waals surface area contributed by atoms with Crippen LogP contribution in [-0.2, 0) is 11.2 Å². The fraction of sp³-hybridized carbons (Fsp3) is 0.444. The smallest absolute Gasteiger partial charge is 0.226 e. The number of hydrogen-bond donors (Lipinski definition) is 1. The van der Waals surface area contributed by atoms with E-state index >= 15 is 0 Å². The predicted molar refractivity (Wildman–Crippen MR) is 88.4 cm³/mol. The van der Waals surface area contributed by atoms with Gasteiger partial charge in [-0.3, -0.25) is 9.78 Å². The van der Waals surface area contributed by atoms with Crippen LogP contribution in [0.2, 0.25) is 0 Å². The van der Waals surface area contributed by atoms with E-state index in [2.05, 4.69) is 11.1 Å². The molecule has 2 heterocycles. The van der Waals surface area contributed by atoms with Gasteiger partial charge in [0, 0.05) is 24.7 Å². The lowest BCUT2D eigenvalue weighted by molar-refractivity contribution is -0.131. The van der Waals surface area contributed by atoms with E-state index in [0.717, 1.165) is 55.4 Å². The number of aromatic nitrogens is 1. The molecule has 2 N–H and O–H groups in total. The molecule has 0 saturated carbocycles. The van der Waals surface area contributed by atoms with Crippen LogP contribution in [0.15, 0.2) is 36.5 Å². The Morgan fingerprint density at radius 3 is 2.86 bits per heavy atom. The topological polar surface area (TPSA) is 59.2 Å². The minimum absolute atomic E-state index is 0.231. The van der Waals surface area contributed by atoms with Gasteiger partial charge in [-0.15, -0.1) is 0 Å². The van der Waals surface area contributed by atoms with Gasteiger partial charge in [0.05, 0.1) is 11.9 Å². The maximum absolute atomic E-state index is 12.5. The second-order valence-electron chi connectivity index (χ2n) is 6.11. The Kier molecular flexibility index (Phi) is 4.68. The number of nitrogens with two attached hydrogens (primary N) is 1. The molecule has 4 nitrogen and oxygen atoms in total. The van der Waals surface area contributed by atoms with E-state index in [4.69, 9.17) is 5.73 Å². The first kappa shape index (κ1) is 15.0. The van der Waals surface area contributed by atoms with Crippen LogP contribution < -0.4 is 5.73 Å². The Labute approximate surface area is 131 Å². The highest BCUT2D eigenvalue weighted by Gasteiger charge is 2.22. The van der Waals surface area contributed by atoms with Gasteiger partial charge in [0.25, 0.3) is 0 Å². The quantitative estimate of drug-likeness (QED) is 0.942. The van der Waals surface area contributed by atoms with Gasteiger partial charge in [0.1, 0.15) is 0 Å². The van der Waals surface area contributed by atoms with Crippen LogP contribution in [0.3, 0.4) is 0 Å². The zero-order chi connectivity index (χ0) is 15.4. The van der Waals surface area contributed by atoms with Crippen molar-refractivity contribution >= 4 is 16.8 Å². The van der Waals surface area contributed by atoms with Crippen molar-refractivity contribution in [3.63, 3.8) is 0 Å². The number of rotatable bonds is 4. The van der Waals surface area contributed by atoms with E-state index in [0.29, 0.717) is 12.3 Å². The summed E-state index contributed by atoms with van der Waals surface area (Å²) < 4.78 is 0. The molecule has 22 heavy (non-hydrogen) atoms. The van der Waals surface area contributed by atoms with Crippen LogP contribution in [0, 0.1) is 5.92 Å². The Morgan fingerprint density at radius 2 is 2.09 bits per heavy atom. The third kappa shape index (κ3) is 3.45. The van der Waals surface area contributed by atoms with Crippen molar-refractivity contribution in [2.75, 3.05) is 19.6 Å². The van der Waals surface area contributed by atoms with Gasteiger partial charge in [-0.2, -0.15) is 0 Å². The fourth-order valence-corrected chi connectivity index (χ4v) is 3.23. The Balaban J connectivity index is 1.61. The summed E-state index contributed by atoms with van der Waals surface area (Å²) in [6.07, 6.45) is 5.53. The van der Waals surface area contributed by atoms with Crippen molar-refractivity contribution in [1.82, 2.24) is 9.88 Å². The van der Waals surface area contributed by atoms with Crippen molar-refractivity contribution in [3.8, 4) is 0 Å². The highest BCUT2D eigenvalue weighted by atomic mass is 16.2. The van der Waals surface area contributed by atoms with Gasteiger partial charge in [0.2, 0.25) is 5.91 Å². The second kappa shape index (κ2) is 6.88. The standard InChI is InChI=1S/C18H23N3O/c19-8-5-14-6-10-21(11-7-14)18(22)13-15-3-4-17-16(12-15)2-1-9-20-17/h1-4,9,12,14H,5-8,10-11,13,19H2. The van der Waals surface area contributed by atoms with Crippen LogP contribution >= 0.6 is 0 Å². The Bertz CT molecular complexity index is 648. The van der Waals surface area contributed by atoms with Crippen LogP contribution in [0.1, 0.15) is 24.8 Å². The third-order valence-electron chi connectivity index (χ3n) is 4.56. The van der Waals surface area contributed by atoms with Crippen LogP contribution in [0.4, 0.5) is 0 Å². The summed E-state index contributed by atoms with van der Waals surface area (Å²) in [7, 11) is 0. The van der Waals surface area contributed by atoms with Gasteiger partial charge in [-0.05, 0) is 55.5 Å². The minimum atomic E-state index is 0.231. The normalized spacial score (nSPS) is 16.1. The molecule has 1 aliphatic rings. The molecule has 0 aliphatic carbocycles. The summed E-state index contributed by atoms with van der Waals surface area (Å²) >= 11 is 0. The number of carbonyl (C=O) groups excluding carboxylic acids is 1. The zero-order valence-corrected chi connectivity index (χ0v) is 12.9. The monoisotopic (exact) mass is 297 g/mol. The minimum Gasteiger partial charge on any atom is -0.342 e. The van der Waals surface area contributed by atoms with Gasteiger partial charge >= 0.3 is 0 Å². The number of fused-ring (bicyclic) bond motifs is 1. The average molecular weight is 297 g/mol. The molecule has 4 heteroatoms. The number of piperidine rings is 1. The van der Waals surface area contributed by atoms with E-state index in [9.17, 15) is 4.79 Å². The highest BCUT2D eigenvalue weighted by molar-refractivity contribution is 5.83. The van der Waals surface area contributed by atoms with Crippen molar-refractivity contribution in [1.29, 1.82) is 0 Å². The van der Waals surface area contributed by atoms with E-state index < -0.39 is 0 Å². The average Bonchev–Trinajstić information content (AvgIpc) is 2.56. The second-order valence-corrected chi connectivity index (χ2v) is 6.11. The molecule has 1 fully saturated rings. The van der Waals surface area contributed by atoms with Gasteiger partial charge in [-0.1, -0.05) is 12.1 Å². The van der Waals surface area contributed by atoms with Gasteiger partial charge in [-0.25, -0.2) is 0 Å². The number of hydrogen-bond acceptors (Lipinski definition) is 3. The molecule has 0 radical (unpaired) electrons. The molecule has 0 bridgehead atoms. The summed E-state index contributed by atoms with van der Waals surface area (Å²) in [5.41, 5.74) is 7.65. The molecular formula is C18H23N3O. The molecule has 3 rings (SSSR count). The summed E-state index contributed by atoms with van der Waals surface area (Å²) in [6, 6.07) is 10.0. The lowest BCUT2D eigenvalue weighted by Gasteiger charge is -2.32. The molecule has 0 unspecified atom stereocenters. The van der Waals surface area contributed by atoms with Crippen molar-refractivity contribution in [2.24, 2.45) is 11.7 Å². The third-order valence-corrected chi connectivity index (χ3v) is 4.56. The first-order valence-electron chi connectivity index (χ1n) is 8.08. The number of carbonyl (C=O) groups is 1. The molecule has 0 atom stereocenters. The Hall–Kier alpha value is -1.94. The maximum atomic E-state index is 12.5. The summed E-state index contributed by atoms with van der Waals surface area (Å²) in [5.74, 6) is 0.926. The molecule has 1 amide bonds. The number of pyridine rings is 1. The van der Waals surface area contributed by atoms with Crippen molar-refractivity contribution in [3.05, 3.63) is 42.1 Å². The maximum Gasteiger partial charge on any atom is 0.226 e. The first-order chi connectivity index (χ1) is 10.8. The molecule has 1 aromatic heterocycles. The van der Waals surface area contributed by atoms with E-state index in [1.807, 2.05) is 29.2 Å². The highest BCUT2D eigenvalue weighted by Crippen LogP contribution is 2.21. The number of benzene rings is 1. The van der Waals surface area contributed by atoms with Gasteiger partial charge < -0.3 is 10.6 Å². The number of nitrogens with zero attached hydrogens (tertiary/aromatic N) is 2. The van der Waals surface area contributed by atoms with E-state index in [1.54, 1.807) is 6.20 Å². The van der Waals surface area contributed by atoms with E-state index in [1.165, 1.54) is 0 Å². The van der Waals surface area contributed by atoms with Crippen LogP contribution in [0.25, 0.3) is 10.9 Å². The van der Waals surface area contributed by atoms with Gasteiger partial charge in [0.15, 0.2) is 0 Å². The molecule has 116 valence electrons. The Morgan fingerprint density at radius 1 is 1.27 bits per heavy atom. The summed E-state index contributed by atoms with van der Waals surface area (Å²) in [5, 5.41) is 1.09. The fourth-order valence-electron chi connectivity index (χ4n) is 3.23. The molecular weight excluding hydrogens is 274 g/mol. The molecule has 2 aromatic rings. The van der Waals surface area contributed by atoms with Crippen molar-refractivity contribution in [2.45, 2.75) is 25.7 Å². The SMILES string of the molecule is NCCC1CCN(C(=O)Cc2ccc3ncccc3c2)CC1. The lowest BCUT2D eigenvalue weighted by Crippen LogP contribution is -2.39. The molecule has 0 spiro atoms. The summed E-state index contributed by atoms with van der Waals surface area (Å²) in [4.78, 5) is 18.8. The molecule has 1 saturated heterocycles. The van der Waals surface area contributed by atoms with E-state index in [-0.39, 0.29) is 5.91 Å². The summed E-state index contributed by atoms with van der Waals surface area (Å²) in [6.45, 7) is 2.50. The lowest BCUT2D eigenvalue weighted by atomic mass is 9.93. The van der Waals surface area contributed by atoms with Crippen LogP contribution in [-0.4, -0.2) is 35.4 Å².